The van der Waals surface area contributed by atoms with Gasteiger partial charge in [-0.25, -0.2) is 9.97 Å². The smallest absolute Gasteiger partial charge is 0.137 e. The molecule has 1 aromatic rings. The summed E-state index contributed by atoms with van der Waals surface area (Å²) < 4.78 is 0. The number of nitrogens with one attached hydrogen (secondary N) is 1. The van der Waals surface area contributed by atoms with Crippen molar-refractivity contribution in [3.8, 4) is 0 Å². The van der Waals surface area contributed by atoms with Crippen LogP contribution in [0, 0.1) is 6.92 Å². The van der Waals surface area contributed by atoms with Crippen molar-refractivity contribution in [3.63, 3.8) is 0 Å². The molecule has 1 saturated heterocycles. The van der Waals surface area contributed by atoms with Gasteiger partial charge in [0.15, 0.2) is 0 Å². The van der Waals surface area contributed by atoms with Crippen LogP contribution in [0.2, 0.25) is 0 Å². The molecule has 5 nitrogen and oxygen atoms in total. The molecule has 1 fully saturated rings. The second kappa shape index (κ2) is 5.33. The van der Waals surface area contributed by atoms with E-state index in [4.69, 9.17) is 0 Å². The highest BCUT2D eigenvalue weighted by atomic mass is 16.3. The largest absolute Gasteiger partial charge is 0.388 e. The first-order valence-electron chi connectivity index (χ1n) is 6.99. The molecular formula is C14H24N4O. The van der Waals surface area contributed by atoms with E-state index in [0.29, 0.717) is 6.54 Å². The summed E-state index contributed by atoms with van der Waals surface area (Å²) in [7, 11) is 1.88. The summed E-state index contributed by atoms with van der Waals surface area (Å²) >= 11 is 0. The molecule has 1 aliphatic heterocycles. The molecule has 2 N–H and O–H groups in total. The van der Waals surface area contributed by atoms with Gasteiger partial charge < -0.3 is 15.3 Å². The van der Waals surface area contributed by atoms with Crippen molar-refractivity contribution in [2.24, 2.45) is 0 Å². The number of aryl methyl sites for hydroxylation is 1. The lowest BCUT2D eigenvalue weighted by Crippen LogP contribution is -2.30. The Morgan fingerprint density at radius 1 is 1.42 bits per heavy atom. The molecule has 0 saturated carbocycles. The normalized spacial score (nSPS) is 22.9. The lowest BCUT2D eigenvalue weighted by atomic mass is 10.1. The fraction of sp³-hybridized carbons (Fsp3) is 0.714. The Morgan fingerprint density at radius 3 is 2.68 bits per heavy atom. The molecule has 0 amide bonds. The Labute approximate surface area is 115 Å². The van der Waals surface area contributed by atoms with E-state index in [-0.39, 0.29) is 0 Å². The van der Waals surface area contributed by atoms with E-state index in [2.05, 4.69) is 27.1 Å². The van der Waals surface area contributed by atoms with Gasteiger partial charge in [0.2, 0.25) is 0 Å². The second-order valence-electron chi connectivity index (χ2n) is 5.61. The molecule has 0 radical (unpaired) electrons. The number of hydrogen-bond donors (Lipinski definition) is 2. The molecule has 0 aliphatic carbocycles. The second-order valence-corrected chi connectivity index (χ2v) is 5.61. The van der Waals surface area contributed by atoms with Gasteiger partial charge in [-0.1, -0.05) is 6.92 Å². The monoisotopic (exact) mass is 264 g/mol. The molecule has 0 aromatic carbocycles. The van der Waals surface area contributed by atoms with Crippen LogP contribution in [-0.4, -0.2) is 40.8 Å². The molecule has 1 aliphatic rings. The lowest BCUT2D eigenvalue weighted by molar-refractivity contribution is 0.0839. The summed E-state index contributed by atoms with van der Waals surface area (Å²) in [4.78, 5) is 11.4. The average molecular weight is 264 g/mol. The van der Waals surface area contributed by atoms with Gasteiger partial charge in [-0.05, 0) is 26.7 Å². The van der Waals surface area contributed by atoms with Crippen LogP contribution in [-0.2, 0) is 6.42 Å². The van der Waals surface area contributed by atoms with E-state index in [1.807, 2.05) is 20.9 Å². The van der Waals surface area contributed by atoms with E-state index in [1.54, 1.807) is 0 Å². The molecule has 1 unspecified atom stereocenters. The number of β-amino-alcohol motifs (C(OH)–C–C–N with tert-alkyl or cyclic N) is 1. The fourth-order valence-electron chi connectivity index (χ4n) is 2.56. The minimum atomic E-state index is -0.609. The van der Waals surface area contributed by atoms with Crippen LogP contribution in [0.4, 0.5) is 11.6 Å². The van der Waals surface area contributed by atoms with Crippen LogP contribution in [0.1, 0.15) is 38.1 Å². The third-order valence-electron chi connectivity index (χ3n) is 3.63. The Kier molecular flexibility index (Phi) is 3.94. The number of nitrogens with zero attached hydrogens (tertiary/aromatic N) is 3. The maximum absolute atomic E-state index is 10.1. The predicted molar refractivity (Wildman–Crippen MR) is 77.8 cm³/mol. The summed E-state index contributed by atoms with van der Waals surface area (Å²) in [5.74, 6) is 2.72. The quantitative estimate of drug-likeness (QED) is 0.867. The number of rotatable bonds is 4. The van der Waals surface area contributed by atoms with Crippen molar-refractivity contribution in [3.05, 3.63) is 11.4 Å². The molecule has 0 bridgehead atoms. The van der Waals surface area contributed by atoms with Crippen LogP contribution >= 0.6 is 0 Å². The number of anilines is 2. The maximum Gasteiger partial charge on any atom is 0.137 e. The molecule has 2 rings (SSSR count). The van der Waals surface area contributed by atoms with Crippen LogP contribution in [0.3, 0.4) is 0 Å². The summed E-state index contributed by atoms with van der Waals surface area (Å²) in [5, 5.41) is 13.3. The zero-order chi connectivity index (χ0) is 14.0. The van der Waals surface area contributed by atoms with Crippen molar-refractivity contribution in [2.75, 3.05) is 30.4 Å². The summed E-state index contributed by atoms with van der Waals surface area (Å²) in [5.41, 5.74) is 0.447. The molecule has 1 aromatic heterocycles. The molecule has 5 heteroatoms. The Hall–Kier alpha value is -1.36. The first kappa shape index (κ1) is 14.1. The summed E-state index contributed by atoms with van der Waals surface area (Å²) in [6, 6.07) is 0. The number of aliphatic hydroxyl groups is 1. The topological polar surface area (TPSA) is 61.3 Å². The molecule has 1 atom stereocenters. The molecule has 106 valence electrons. The van der Waals surface area contributed by atoms with Crippen LogP contribution < -0.4 is 10.2 Å². The van der Waals surface area contributed by atoms with Gasteiger partial charge in [-0.2, -0.15) is 0 Å². The van der Waals surface area contributed by atoms with Crippen molar-refractivity contribution in [2.45, 2.75) is 45.6 Å². The van der Waals surface area contributed by atoms with Gasteiger partial charge in [0.1, 0.15) is 17.5 Å². The van der Waals surface area contributed by atoms with E-state index in [9.17, 15) is 5.11 Å². The summed E-state index contributed by atoms with van der Waals surface area (Å²) in [6.07, 6.45) is 2.70. The van der Waals surface area contributed by atoms with Gasteiger partial charge in [-0.3, -0.25) is 0 Å². The number of hydrogen-bond acceptors (Lipinski definition) is 5. The van der Waals surface area contributed by atoms with Gasteiger partial charge in [0.25, 0.3) is 0 Å². The van der Waals surface area contributed by atoms with E-state index < -0.39 is 5.60 Å². The summed E-state index contributed by atoms with van der Waals surface area (Å²) in [6.45, 7) is 7.53. The maximum atomic E-state index is 10.1. The van der Waals surface area contributed by atoms with Crippen molar-refractivity contribution >= 4 is 11.6 Å². The predicted octanol–water partition coefficient (Wildman–Crippen LogP) is 1.74. The standard InChI is InChI=1S/C14H24N4O/c1-5-6-11-16-12(15-4)10(2)13(17-11)18-8-7-14(3,19)9-18/h19H,5-9H2,1-4H3,(H,15,16,17). The highest BCUT2D eigenvalue weighted by molar-refractivity contribution is 5.59. The minimum Gasteiger partial charge on any atom is -0.388 e. The van der Waals surface area contributed by atoms with Crippen LogP contribution in [0.15, 0.2) is 0 Å². The fourth-order valence-corrected chi connectivity index (χ4v) is 2.56. The van der Waals surface area contributed by atoms with Crippen molar-refractivity contribution in [1.82, 2.24) is 9.97 Å². The zero-order valence-electron chi connectivity index (χ0n) is 12.3. The van der Waals surface area contributed by atoms with Gasteiger partial charge in [-0.15, -0.1) is 0 Å². The third kappa shape index (κ3) is 2.97. The van der Waals surface area contributed by atoms with E-state index in [0.717, 1.165) is 48.8 Å². The van der Waals surface area contributed by atoms with Gasteiger partial charge >= 0.3 is 0 Å². The van der Waals surface area contributed by atoms with Gasteiger partial charge in [0, 0.05) is 32.1 Å². The van der Waals surface area contributed by atoms with Crippen LogP contribution in [0.25, 0.3) is 0 Å². The van der Waals surface area contributed by atoms with Crippen LogP contribution in [0.5, 0.6) is 0 Å². The first-order chi connectivity index (χ1) is 8.96. The van der Waals surface area contributed by atoms with Crippen molar-refractivity contribution in [1.29, 1.82) is 0 Å². The SMILES string of the molecule is CCCc1nc(NC)c(C)c(N2CCC(C)(O)C2)n1. The Morgan fingerprint density at radius 2 is 2.16 bits per heavy atom. The Balaban J connectivity index is 2.35. The van der Waals surface area contributed by atoms with Crippen molar-refractivity contribution < 1.29 is 5.11 Å². The Bertz CT molecular complexity index is 459. The average Bonchev–Trinajstić information content (AvgIpc) is 2.72. The number of aromatic nitrogens is 2. The minimum absolute atomic E-state index is 0.609. The van der Waals surface area contributed by atoms with Gasteiger partial charge in [0.05, 0.1) is 5.60 Å². The zero-order valence-corrected chi connectivity index (χ0v) is 12.3. The highest BCUT2D eigenvalue weighted by Crippen LogP contribution is 2.30. The highest BCUT2D eigenvalue weighted by Gasteiger charge is 2.33. The molecule has 19 heavy (non-hydrogen) atoms. The molecule has 0 spiro atoms. The van der Waals surface area contributed by atoms with E-state index in [1.165, 1.54) is 0 Å². The first-order valence-corrected chi connectivity index (χ1v) is 6.99. The lowest BCUT2D eigenvalue weighted by Gasteiger charge is -2.23. The van der Waals surface area contributed by atoms with E-state index >= 15 is 0 Å². The molecule has 2 heterocycles. The molecular weight excluding hydrogens is 240 g/mol. The third-order valence-corrected chi connectivity index (χ3v) is 3.63.